The molecule has 0 aliphatic carbocycles. The number of aromatic nitrogens is 3. The Labute approximate surface area is 132 Å². The minimum Gasteiger partial charge on any atom is -0.366 e. The first-order chi connectivity index (χ1) is 10.7. The molecule has 0 fully saturated rings. The Balaban J connectivity index is 1.64. The van der Waals surface area contributed by atoms with Crippen LogP contribution in [0.5, 0.6) is 0 Å². The molecule has 0 bridgehead atoms. The lowest BCUT2D eigenvalue weighted by atomic mass is 10.2. The van der Waals surface area contributed by atoms with Gasteiger partial charge in [-0.05, 0) is 24.6 Å². The number of nitrogens with one attached hydrogen (secondary N) is 2. The van der Waals surface area contributed by atoms with E-state index in [9.17, 15) is 0 Å². The number of rotatable bonds is 5. The largest absolute Gasteiger partial charge is 0.366 e. The minimum absolute atomic E-state index is 0.611. The molecule has 2 heterocycles. The molecule has 2 N–H and O–H groups in total. The highest BCUT2D eigenvalue weighted by Gasteiger charge is 2.03. The van der Waals surface area contributed by atoms with Crippen LogP contribution in [0.15, 0.2) is 47.2 Å². The van der Waals surface area contributed by atoms with Gasteiger partial charge >= 0.3 is 0 Å². The van der Waals surface area contributed by atoms with E-state index in [4.69, 9.17) is 16.1 Å². The Kier molecular flexibility index (Phi) is 4.20. The molecule has 2 aromatic heterocycles. The van der Waals surface area contributed by atoms with Crippen molar-refractivity contribution >= 4 is 29.1 Å². The molecule has 0 aliphatic rings. The van der Waals surface area contributed by atoms with Gasteiger partial charge in [0.15, 0.2) is 5.82 Å². The van der Waals surface area contributed by atoms with Gasteiger partial charge in [0.25, 0.3) is 0 Å². The zero-order valence-electron chi connectivity index (χ0n) is 11.9. The summed E-state index contributed by atoms with van der Waals surface area (Å²) in [5, 5.41) is 10.9. The van der Waals surface area contributed by atoms with Crippen LogP contribution in [0.1, 0.15) is 11.3 Å². The average molecular weight is 316 g/mol. The molecule has 0 unspecified atom stereocenters. The zero-order valence-corrected chi connectivity index (χ0v) is 12.6. The van der Waals surface area contributed by atoms with E-state index in [-0.39, 0.29) is 0 Å². The van der Waals surface area contributed by atoms with Crippen LogP contribution in [0.4, 0.5) is 17.5 Å². The molecule has 0 radical (unpaired) electrons. The second kappa shape index (κ2) is 6.44. The van der Waals surface area contributed by atoms with Crippen molar-refractivity contribution in [3.8, 4) is 0 Å². The Morgan fingerprint density at radius 3 is 2.55 bits per heavy atom. The van der Waals surface area contributed by atoms with Gasteiger partial charge in [0, 0.05) is 23.7 Å². The predicted octanol–water partition coefficient (Wildman–Crippen LogP) is 3.78. The van der Waals surface area contributed by atoms with Gasteiger partial charge in [0.1, 0.15) is 23.7 Å². The summed E-state index contributed by atoms with van der Waals surface area (Å²) in [6.07, 6.45) is 1.49. The molecule has 0 saturated heterocycles. The van der Waals surface area contributed by atoms with Gasteiger partial charge < -0.3 is 15.2 Å². The summed E-state index contributed by atoms with van der Waals surface area (Å²) in [4.78, 5) is 8.34. The van der Waals surface area contributed by atoms with Crippen LogP contribution in [-0.4, -0.2) is 15.1 Å². The zero-order chi connectivity index (χ0) is 15.4. The molecule has 3 aromatic rings. The van der Waals surface area contributed by atoms with Gasteiger partial charge in [0.05, 0.1) is 0 Å². The Morgan fingerprint density at radius 2 is 1.82 bits per heavy atom. The first-order valence-corrected chi connectivity index (χ1v) is 7.07. The molecule has 3 rings (SSSR count). The summed E-state index contributed by atoms with van der Waals surface area (Å²) in [6, 6.07) is 11.3. The highest BCUT2D eigenvalue weighted by atomic mass is 35.5. The van der Waals surface area contributed by atoms with Crippen LogP contribution in [0, 0.1) is 6.92 Å². The molecule has 0 amide bonds. The molecule has 7 heteroatoms. The number of nitrogens with zero attached hydrogens (tertiary/aromatic N) is 3. The fourth-order valence-corrected chi connectivity index (χ4v) is 2.00. The van der Waals surface area contributed by atoms with Crippen molar-refractivity contribution in [2.75, 3.05) is 10.6 Å². The number of anilines is 3. The molecule has 22 heavy (non-hydrogen) atoms. The van der Waals surface area contributed by atoms with Crippen molar-refractivity contribution in [1.29, 1.82) is 0 Å². The Morgan fingerprint density at radius 1 is 1.05 bits per heavy atom. The van der Waals surface area contributed by atoms with E-state index in [1.54, 1.807) is 12.1 Å². The molecule has 0 atom stereocenters. The van der Waals surface area contributed by atoms with E-state index in [0.717, 1.165) is 16.3 Å². The van der Waals surface area contributed by atoms with E-state index < -0.39 is 0 Å². The summed E-state index contributed by atoms with van der Waals surface area (Å²) in [6.45, 7) is 2.48. The molecular formula is C15H14ClN5O. The molecule has 0 spiro atoms. The normalized spacial score (nSPS) is 10.5. The maximum absolute atomic E-state index is 5.87. The molecular weight excluding hydrogens is 302 g/mol. The summed E-state index contributed by atoms with van der Waals surface area (Å²) in [5.74, 6) is 2.70. The molecule has 6 nitrogen and oxygen atoms in total. The van der Waals surface area contributed by atoms with E-state index >= 15 is 0 Å². The SMILES string of the molecule is Cc1cc(Nc2cc(NCc3ccc(Cl)cc3)ncn2)no1. The lowest BCUT2D eigenvalue weighted by molar-refractivity contribution is 0.400. The summed E-state index contributed by atoms with van der Waals surface area (Å²) in [7, 11) is 0. The standard InChI is InChI=1S/C15H14ClN5O/c1-10-6-15(21-22-10)20-14-7-13(18-9-19-14)17-8-11-2-4-12(16)5-3-11/h2-7,9H,8H2,1H3,(H2,17,18,19,20,21). The Hall–Kier alpha value is -2.60. The van der Waals surface area contributed by atoms with E-state index in [1.807, 2.05) is 31.2 Å². The summed E-state index contributed by atoms with van der Waals surface area (Å²) < 4.78 is 5.00. The topological polar surface area (TPSA) is 75.9 Å². The van der Waals surface area contributed by atoms with Crippen molar-refractivity contribution in [1.82, 2.24) is 15.1 Å². The van der Waals surface area contributed by atoms with Gasteiger partial charge in [-0.2, -0.15) is 0 Å². The van der Waals surface area contributed by atoms with Gasteiger partial charge in [0.2, 0.25) is 0 Å². The van der Waals surface area contributed by atoms with Crippen LogP contribution in [-0.2, 0) is 6.54 Å². The number of hydrogen-bond acceptors (Lipinski definition) is 6. The Bertz CT molecular complexity index is 757. The van der Waals surface area contributed by atoms with Gasteiger partial charge in [-0.3, -0.25) is 0 Å². The lowest BCUT2D eigenvalue weighted by Crippen LogP contribution is -2.03. The first-order valence-electron chi connectivity index (χ1n) is 6.70. The van der Waals surface area contributed by atoms with Gasteiger partial charge in [-0.25, -0.2) is 9.97 Å². The van der Waals surface area contributed by atoms with Crippen LogP contribution >= 0.6 is 11.6 Å². The number of hydrogen-bond donors (Lipinski definition) is 2. The van der Waals surface area contributed by atoms with E-state index in [2.05, 4.69) is 25.8 Å². The van der Waals surface area contributed by atoms with Gasteiger partial charge in [-0.15, -0.1) is 0 Å². The van der Waals surface area contributed by atoms with Crippen molar-refractivity contribution in [2.24, 2.45) is 0 Å². The monoisotopic (exact) mass is 315 g/mol. The van der Waals surface area contributed by atoms with Crippen LogP contribution in [0.3, 0.4) is 0 Å². The maximum atomic E-state index is 5.87. The number of halogens is 1. The van der Waals surface area contributed by atoms with Gasteiger partial charge in [-0.1, -0.05) is 28.9 Å². The quantitative estimate of drug-likeness (QED) is 0.746. The predicted molar refractivity (Wildman–Crippen MR) is 85.3 cm³/mol. The third kappa shape index (κ3) is 3.73. The van der Waals surface area contributed by atoms with Crippen LogP contribution in [0.25, 0.3) is 0 Å². The summed E-state index contributed by atoms with van der Waals surface area (Å²) in [5.41, 5.74) is 1.12. The fourth-order valence-electron chi connectivity index (χ4n) is 1.87. The summed E-state index contributed by atoms with van der Waals surface area (Å²) >= 11 is 5.87. The second-order valence-electron chi connectivity index (χ2n) is 4.72. The smallest absolute Gasteiger partial charge is 0.175 e. The molecule has 1 aromatic carbocycles. The molecule has 112 valence electrons. The second-order valence-corrected chi connectivity index (χ2v) is 5.15. The first kappa shape index (κ1) is 14.3. The third-order valence-electron chi connectivity index (χ3n) is 2.94. The minimum atomic E-state index is 0.611. The fraction of sp³-hybridized carbons (Fsp3) is 0.133. The number of aryl methyl sites for hydroxylation is 1. The van der Waals surface area contributed by atoms with Crippen molar-refractivity contribution < 1.29 is 4.52 Å². The van der Waals surface area contributed by atoms with E-state index in [0.29, 0.717) is 24.0 Å². The lowest BCUT2D eigenvalue weighted by Gasteiger charge is -2.07. The van der Waals surface area contributed by atoms with Crippen LogP contribution < -0.4 is 10.6 Å². The van der Waals surface area contributed by atoms with Crippen molar-refractivity contribution in [3.05, 3.63) is 59.1 Å². The molecule has 0 aliphatic heterocycles. The number of benzene rings is 1. The van der Waals surface area contributed by atoms with Crippen molar-refractivity contribution in [2.45, 2.75) is 13.5 Å². The molecule has 0 saturated carbocycles. The highest BCUT2D eigenvalue weighted by molar-refractivity contribution is 6.30. The average Bonchev–Trinajstić information content (AvgIpc) is 2.92. The van der Waals surface area contributed by atoms with Crippen LogP contribution in [0.2, 0.25) is 5.02 Å². The highest BCUT2D eigenvalue weighted by Crippen LogP contribution is 2.16. The van der Waals surface area contributed by atoms with Crippen molar-refractivity contribution in [3.63, 3.8) is 0 Å². The van der Waals surface area contributed by atoms with E-state index in [1.165, 1.54) is 6.33 Å². The maximum Gasteiger partial charge on any atom is 0.175 e. The third-order valence-corrected chi connectivity index (χ3v) is 3.19.